The van der Waals surface area contributed by atoms with Gasteiger partial charge in [0, 0.05) is 82.0 Å². The minimum absolute atomic E-state index is 0.0483. The molecule has 0 radical (unpaired) electrons. The maximum absolute atomic E-state index is 13.8. The number of halogens is 1. The number of carbonyl (C=O) groups excluding carboxylic acids is 4. The van der Waals surface area contributed by atoms with Crippen molar-refractivity contribution in [1.82, 2.24) is 19.3 Å². The van der Waals surface area contributed by atoms with Gasteiger partial charge in [0.15, 0.2) is 5.75 Å². The van der Waals surface area contributed by atoms with E-state index in [-0.39, 0.29) is 30.2 Å². The van der Waals surface area contributed by atoms with E-state index in [4.69, 9.17) is 21.1 Å². The molecule has 2 aromatic rings. The number of rotatable bonds is 9. The Morgan fingerprint density at radius 1 is 0.979 bits per heavy atom. The number of nitrogens with zero attached hydrogens (tertiary/aromatic N) is 5. The lowest BCUT2D eigenvalue weighted by atomic mass is 9.94. The Hall–Kier alpha value is -3.57. The normalized spacial score (nSPS) is 20.0. The molecule has 3 fully saturated rings. The van der Waals surface area contributed by atoms with Crippen LogP contribution in [0, 0.1) is 38.5 Å². The van der Waals surface area contributed by atoms with Crippen LogP contribution in [0.2, 0.25) is 5.02 Å². The number of aryl methyl sites for hydroxylation is 1. The minimum Gasteiger partial charge on any atom is -0.434 e. The Labute approximate surface area is 282 Å². The van der Waals surface area contributed by atoms with Gasteiger partial charge in [0.1, 0.15) is 5.69 Å². The highest BCUT2D eigenvalue weighted by molar-refractivity contribution is 6.31. The summed E-state index contributed by atoms with van der Waals surface area (Å²) in [5.74, 6) is 1.13. The van der Waals surface area contributed by atoms with Crippen LogP contribution >= 0.6 is 11.6 Å². The fourth-order valence-corrected chi connectivity index (χ4v) is 7.63. The van der Waals surface area contributed by atoms with Crippen LogP contribution in [0.15, 0.2) is 18.2 Å². The molecule has 5 rings (SSSR count). The molecule has 0 spiro atoms. The average Bonchev–Trinajstić information content (AvgIpc) is 3.67. The van der Waals surface area contributed by atoms with Crippen molar-refractivity contribution >= 4 is 41.2 Å². The molecule has 0 N–H and O–H groups in total. The first-order valence-corrected chi connectivity index (χ1v) is 17.1. The van der Waals surface area contributed by atoms with Crippen LogP contribution in [0.1, 0.15) is 60.4 Å². The first-order chi connectivity index (χ1) is 22.4. The van der Waals surface area contributed by atoms with Crippen molar-refractivity contribution in [3.63, 3.8) is 0 Å². The van der Waals surface area contributed by atoms with E-state index in [1.165, 1.54) is 0 Å². The molecule has 0 aliphatic carbocycles. The van der Waals surface area contributed by atoms with E-state index >= 15 is 0 Å². The third-order valence-electron chi connectivity index (χ3n) is 10.2. The molecule has 3 amide bonds. The van der Waals surface area contributed by atoms with E-state index in [2.05, 4.69) is 4.90 Å². The van der Waals surface area contributed by atoms with Gasteiger partial charge in [-0.15, -0.1) is 0 Å². The molecule has 3 aliphatic rings. The molecule has 4 heterocycles. The fraction of sp³-hybridized carbons (Fsp3) is 0.600. The smallest absolute Gasteiger partial charge is 0.434 e. The monoisotopic (exact) mass is 669 g/mol. The summed E-state index contributed by atoms with van der Waals surface area (Å²) in [6.45, 7) is 14.9. The van der Waals surface area contributed by atoms with Crippen molar-refractivity contribution in [1.29, 1.82) is 0 Å². The number of hydrogen-bond donors (Lipinski definition) is 0. The van der Waals surface area contributed by atoms with Gasteiger partial charge < -0.3 is 33.6 Å². The molecule has 1 aromatic heterocycles. The summed E-state index contributed by atoms with van der Waals surface area (Å²) in [4.78, 5) is 59.4. The van der Waals surface area contributed by atoms with Gasteiger partial charge in [0.2, 0.25) is 11.8 Å². The molecule has 2 atom stereocenters. The summed E-state index contributed by atoms with van der Waals surface area (Å²) in [5.41, 5.74) is 3.66. The fourth-order valence-electron chi connectivity index (χ4n) is 7.45. The zero-order valence-corrected chi connectivity index (χ0v) is 29.3. The van der Waals surface area contributed by atoms with Crippen LogP contribution in [0.25, 0.3) is 0 Å². The summed E-state index contributed by atoms with van der Waals surface area (Å²) in [5, 5.41) is 0.640. The average molecular weight is 670 g/mol. The minimum atomic E-state index is -0.774. The molecular formula is C35H48ClN5O6. The van der Waals surface area contributed by atoms with E-state index in [9.17, 15) is 19.2 Å². The molecular weight excluding hydrogens is 622 g/mol. The molecule has 12 heteroatoms. The Morgan fingerprint density at radius 3 is 2.23 bits per heavy atom. The number of amides is 3. The maximum atomic E-state index is 13.8. The second-order valence-electron chi connectivity index (χ2n) is 13.3. The topological polar surface area (TPSA) is 105 Å². The van der Waals surface area contributed by atoms with E-state index in [0.717, 1.165) is 37.3 Å². The third kappa shape index (κ3) is 7.46. The molecule has 3 saturated heterocycles. The van der Waals surface area contributed by atoms with E-state index in [1.54, 1.807) is 25.3 Å². The van der Waals surface area contributed by atoms with Crippen LogP contribution in [0.4, 0.5) is 10.5 Å². The van der Waals surface area contributed by atoms with Crippen molar-refractivity contribution in [2.24, 2.45) is 24.8 Å². The summed E-state index contributed by atoms with van der Waals surface area (Å²) in [7, 11) is 1.82. The molecule has 256 valence electrons. The Morgan fingerprint density at radius 2 is 1.64 bits per heavy atom. The second kappa shape index (κ2) is 14.7. The van der Waals surface area contributed by atoms with Crippen molar-refractivity contribution < 1.29 is 28.7 Å². The van der Waals surface area contributed by atoms with Gasteiger partial charge in [0.25, 0.3) is 5.91 Å². The summed E-state index contributed by atoms with van der Waals surface area (Å²) in [6, 6.07) is 5.81. The Kier molecular flexibility index (Phi) is 10.9. The lowest BCUT2D eigenvalue weighted by Gasteiger charge is -2.34. The van der Waals surface area contributed by atoms with Crippen molar-refractivity contribution in [3.8, 4) is 5.75 Å². The van der Waals surface area contributed by atoms with Gasteiger partial charge in [-0.05, 0) is 83.0 Å². The molecule has 0 bridgehead atoms. The summed E-state index contributed by atoms with van der Waals surface area (Å²) >= 11 is 6.48. The number of fused-ring (bicyclic) bond motifs is 1. The largest absolute Gasteiger partial charge is 0.513 e. The molecule has 0 saturated carbocycles. The zero-order valence-electron chi connectivity index (χ0n) is 28.5. The highest BCUT2D eigenvalue weighted by Crippen LogP contribution is 2.35. The number of aromatic nitrogens is 1. The van der Waals surface area contributed by atoms with Crippen LogP contribution in [0.5, 0.6) is 5.75 Å². The standard InChI is InChI=1S/C35H48ClN5O6/c1-7-46-35(45)47-32-23(3)31(37(6)24(32)4)34(44)40-20-27-18-38(19-28(27)21-40)13-8-14-41(29-10-9-22(2)30(36)17-29)33(43)26-11-15-39(16-12-26)25(5)42/h9-10,17,26-28H,7-8,11-16,18-21H2,1-6H3. The van der Waals surface area contributed by atoms with Crippen LogP contribution in [-0.2, 0) is 21.4 Å². The summed E-state index contributed by atoms with van der Waals surface area (Å²) < 4.78 is 12.2. The van der Waals surface area contributed by atoms with Crippen LogP contribution in [-0.4, -0.2) is 102 Å². The number of benzene rings is 1. The Bertz CT molecular complexity index is 1500. The number of likely N-dealkylation sites (tertiary alicyclic amines) is 3. The number of ether oxygens (including phenoxy) is 2. The van der Waals surface area contributed by atoms with Gasteiger partial charge in [0.05, 0.1) is 12.3 Å². The quantitative estimate of drug-likeness (QED) is 0.353. The lowest BCUT2D eigenvalue weighted by Crippen LogP contribution is -2.44. The third-order valence-corrected chi connectivity index (χ3v) is 10.6. The van der Waals surface area contributed by atoms with Crippen molar-refractivity contribution in [2.75, 3.05) is 63.9 Å². The van der Waals surface area contributed by atoms with Crippen LogP contribution in [0.3, 0.4) is 0 Å². The number of piperidine rings is 1. The molecule has 1 aromatic carbocycles. The lowest BCUT2D eigenvalue weighted by molar-refractivity contribution is -0.133. The predicted octanol–water partition coefficient (Wildman–Crippen LogP) is 4.82. The maximum Gasteiger partial charge on any atom is 0.513 e. The summed E-state index contributed by atoms with van der Waals surface area (Å²) in [6.07, 6.45) is 1.38. The Balaban J connectivity index is 1.17. The number of carbonyl (C=O) groups is 4. The first kappa shape index (κ1) is 34.8. The van der Waals surface area contributed by atoms with Crippen molar-refractivity contribution in [3.05, 3.63) is 45.7 Å². The van der Waals surface area contributed by atoms with Crippen molar-refractivity contribution in [2.45, 2.75) is 53.9 Å². The van der Waals surface area contributed by atoms with Gasteiger partial charge in [-0.25, -0.2) is 4.79 Å². The number of anilines is 1. The van der Waals surface area contributed by atoms with Crippen LogP contribution < -0.4 is 9.64 Å². The van der Waals surface area contributed by atoms with Gasteiger partial charge in [-0.2, -0.15) is 0 Å². The van der Waals surface area contributed by atoms with Gasteiger partial charge in [-0.3, -0.25) is 14.4 Å². The highest BCUT2D eigenvalue weighted by Gasteiger charge is 2.42. The molecule has 47 heavy (non-hydrogen) atoms. The number of hydrogen-bond acceptors (Lipinski definition) is 7. The van der Waals surface area contributed by atoms with E-state index in [1.807, 2.05) is 53.8 Å². The predicted molar refractivity (Wildman–Crippen MR) is 180 cm³/mol. The second-order valence-corrected chi connectivity index (χ2v) is 13.7. The molecule has 3 aliphatic heterocycles. The highest BCUT2D eigenvalue weighted by atomic mass is 35.5. The molecule has 11 nitrogen and oxygen atoms in total. The van der Waals surface area contributed by atoms with E-state index in [0.29, 0.717) is 85.1 Å². The zero-order chi connectivity index (χ0) is 34.0. The van der Waals surface area contributed by atoms with Gasteiger partial charge in [-0.1, -0.05) is 17.7 Å². The first-order valence-electron chi connectivity index (χ1n) is 16.7. The van der Waals surface area contributed by atoms with Gasteiger partial charge >= 0.3 is 6.16 Å². The van der Waals surface area contributed by atoms with E-state index < -0.39 is 6.16 Å². The molecule has 2 unspecified atom stereocenters. The SMILES string of the molecule is CCOC(=O)Oc1c(C)c(C(=O)N2CC3CN(CCCN(C(=O)C4CCN(C(C)=O)CC4)c4ccc(C)c(Cl)c4)CC3C2)n(C)c1C.